The second kappa shape index (κ2) is 6.23. The zero-order chi connectivity index (χ0) is 14.5. The Morgan fingerprint density at radius 2 is 1.90 bits per heavy atom. The Morgan fingerprint density at radius 1 is 1.05 bits per heavy atom. The Labute approximate surface area is 122 Å². The molecule has 106 valence electrons. The van der Waals surface area contributed by atoms with Crippen LogP contribution >= 0.6 is 0 Å². The third-order valence-corrected chi connectivity index (χ3v) is 2.95. The number of nitrogens with zero attached hydrogens (tertiary/aromatic N) is 5. The van der Waals surface area contributed by atoms with E-state index in [1.807, 2.05) is 31.6 Å². The van der Waals surface area contributed by atoms with Gasteiger partial charge in [-0.3, -0.25) is 14.9 Å². The van der Waals surface area contributed by atoms with E-state index in [4.69, 9.17) is 4.42 Å². The van der Waals surface area contributed by atoms with E-state index in [2.05, 4.69) is 24.8 Å². The number of furan rings is 1. The predicted molar refractivity (Wildman–Crippen MR) is 76.9 cm³/mol. The molecule has 0 spiro atoms. The molecule has 6 heteroatoms. The summed E-state index contributed by atoms with van der Waals surface area (Å²) in [6, 6.07) is 3.66. The van der Waals surface area contributed by atoms with Crippen molar-refractivity contribution in [2.45, 2.75) is 13.1 Å². The minimum absolute atomic E-state index is 0.598. The van der Waals surface area contributed by atoms with Crippen molar-refractivity contribution in [2.75, 3.05) is 7.05 Å². The zero-order valence-electron chi connectivity index (χ0n) is 11.7. The predicted octanol–water partition coefficient (Wildman–Crippen LogP) is 2.16. The summed E-state index contributed by atoms with van der Waals surface area (Å²) in [7, 11) is 2.02. The lowest BCUT2D eigenvalue weighted by molar-refractivity contribution is 0.314. The van der Waals surface area contributed by atoms with E-state index in [1.54, 1.807) is 24.9 Å². The SMILES string of the molecule is CN(Cc1cnc(-c2ccco2)nc1)Cc1cnccn1. The Kier molecular flexibility index (Phi) is 3.97. The highest BCUT2D eigenvalue weighted by Gasteiger charge is 2.06. The molecular formula is C15H15N5O. The van der Waals surface area contributed by atoms with Crippen LogP contribution in [0.3, 0.4) is 0 Å². The van der Waals surface area contributed by atoms with E-state index in [0.717, 1.165) is 24.3 Å². The molecule has 0 bridgehead atoms. The van der Waals surface area contributed by atoms with Crippen LogP contribution in [0.1, 0.15) is 11.3 Å². The fraction of sp³-hybridized carbons (Fsp3) is 0.200. The Hall–Kier alpha value is -2.60. The molecule has 0 N–H and O–H groups in total. The number of aromatic nitrogens is 4. The number of rotatable bonds is 5. The van der Waals surface area contributed by atoms with Gasteiger partial charge in [0.25, 0.3) is 0 Å². The molecule has 0 unspecified atom stereocenters. The van der Waals surface area contributed by atoms with Crippen molar-refractivity contribution in [3.05, 3.63) is 60.6 Å². The van der Waals surface area contributed by atoms with Crippen molar-refractivity contribution in [3.63, 3.8) is 0 Å². The van der Waals surface area contributed by atoms with Gasteiger partial charge in [-0.15, -0.1) is 0 Å². The molecule has 0 fully saturated rings. The quantitative estimate of drug-likeness (QED) is 0.714. The van der Waals surface area contributed by atoms with Crippen LogP contribution in [-0.4, -0.2) is 31.9 Å². The summed E-state index contributed by atoms with van der Waals surface area (Å²) in [5.74, 6) is 1.27. The van der Waals surface area contributed by atoms with Gasteiger partial charge in [0.2, 0.25) is 0 Å². The highest BCUT2D eigenvalue weighted by Crippen LogP contribution is 2.14. The molecule has 0 aliphatic carbocycles. The number of hydrogen-bond donors (Lipinski definition) is 0. The van der Waals surface area contributed by atoms with Crippen molar-refractivity contribution < 1.29 is 4.42 Å². The van der Waals surface area contributed by atoms with Crippen LogP contribution in [0, 0.1) is 0 Å². The van der Waals surface area contributed by atoms with Gasteiger partial charge in [-0.1, -0.05) is 0 Å². The summed E-state index contributed by atoms with van der Waals surface area (Å²) in [5, 5.41) is 0. The van der Waals surface area contributed by atoms with Crippen molar-refractivity contribution in [3.8, 4) is 11.6 Å². The first-order valence-electron chi connectivity index (χ1n) is 6.59. The highest BCUT2D eigenvalue weighted by atomic mass is 16.3. The molecule has 3 heterocycles. The maximum absolute atomic E-state index is 5.27. The van der Waals surface area contributed by atoms with Gasteiger partial charge >= 0.3 is 0 Å². The molecular weight excluding hydrogens is 266 g/mol. The highest BCUT2D eigenvalue weighted by molar-refractivity contribution is 5.45. The molecule has 0 saturated heterocycles. The first-order valence-corrected chi connectivity index (χ1v) is 6.59. The Morgan fingerprint density at radius 3 is 2.57 bits per heavy atom. The maximum Gasteiger partial charge on any atom is 0.195 e. The second-order valence-electron chi connectivity index (χ2n) is 4.76. The lowest BCUT2D eigenvalue weighted by Gasteiger charge is -2.15. The van der Waals surface area contributed by atoms with Crippen LogP contribution in [-0.2, 0) is 13.1 Å². The van der Waals surface area contributed by atoms with Gasteiger partial charge in [0, 0.05) is 49.6 Å². The van der Waals surface area contributed by atoms with Crippen LogP contribution in [0.4, 0.5) is 0 Å². The van der Waals surface area contributed by atoms with Gasteiger partial charge in [-0.05, 0) is 19.2 Å². The first kappa shape index (κ1) is 13.4. The third kappa shape index (κ3) is 3.49. The normalized spacial score (nSPS) is 11.0. The lowest BCUT2D eigenvalue weighted by Crippen LogP contribution is -2.18. The van der Waals surface area contributed by atoms with Crippen molar-refractivity contribution in [1.82, 2.24) is 24.8 Å². The fourth-order valence-corrected chi connectivity index (χ4v) is 2.03. The van der Waals surface area contributed by atoms with Gasteiger partial charge in [0.1, 0.15) is 0 Å². The Bertz CT molecular complexity index is 667. The van der Waals surface area contributed by atoms with Gasteiger partial charge in [-0.2, -0.15) is 0 Å². The monoisotopic (exact) mass is 281 g/mol. The van der Waals surface area contributed by atoms with E-state index in [0.29, 0.717) is 11.6 Å². The third-order valence-electron chi connectivity index (χ3n) is 2.95. The molecule has 3 aromatic rings. The molecule has 0 aromatic carbocycles. The molecule has 0 saturated carbocycles. The van der Waals surface area contributed by atoms with Crippen molar-refractivity contribution >= 4 is 0 Å². The topological polar surface area (TPSA) is 67.9 Å². The van der Waals surface area contributed by atoms with Gasteiger partial charge < -0.3 is 4.42 Å². The zero-order valence-corrected chi connectivity index (χ0v) is 11.7. The number of hydrogen-bond acceptors (Lipinski definition) is 6. The van der Waals surface area contributed by atoms with Crippen molar-refractivity contribution in [1.29, 1.82) is 0 Å². The molecule has 21 heavy (non-hydrogen) atoms. The standard InChI is InChI=1S/C15H15N5O/c1-20(11-13-9-16-4-5-17-13)10-12-7-18-15(19-8-12)14-3-2-6-21-14/h2-9H,10-11H2,1H3. The molecule has 0 atom stereocenters. The van der Waals surface area contributed by atoms with Crippen LogP contribution in [0.15, 0.2) is 53.8 Å². The lowest BCUT2D eigenvalue weighted by atomic mass is 10.3. The molecule has 0 aliphatic heterocycles. The van der Waals surface area contributed by atoms with Crippen LogP contribution < -0.4 is 0 Å². The molecule has 3 rings (SSSR count). The summed E-state index contributed by atoms with van der Waals surface area (Å²) in [6.45, 7) is 1.47. The van der Waals surface area contributed by atoms with E-state index < -0.39 is 0 Å². The molecule has 0 aliphatic rings. The van der Waals surface area contributed by atoms with Crippen LogP contribution in [0.2, 0.25) is 0 Å². The largest absolute Gasteiger partial charge is 0.461 e. The second-order valence-corrected chi connectivity index (χ2v) is 4.76. The van der Waals surface area contributed by atoms with E-state index >= 15 is 0 Å². The average Bonchev–Trinajstić information content (AvgIpc) is 3.03. The van der Waals surface area contributed by atoms with E-state index in [-0.39, 0.29) is 0 Å². The van der Waals surface area contributed by atoms with E-state index in [9.17, 15) is 0 Å². The minimum Gasteiger partial charge on any atom is -0.461 e. The van der Waals surface area contributed by atoms with E-state index in [1.165, 1.54) is 0 Å². The summed E-state index contributed by atoms with van der Waals surface area (Å²) < 4.78 is 5.27. The van der Waals surface area contributed by atoms with Gasteiger partial charge in [0.15, 0.2) is 11.6 Å². The fourth-order valence-electron chi connectivity index (χ4n) is 2.03. The Balaban J connectivity index is 1.62. The summed E-state index contributed by atoms with van der Waals surface area (Å²) in [5.41, 5.74) is 1.98. The van der Waals surface area contributed by atoms with Crippen LogP contribution in [0.25, 0.3) is 11.6 Å². The molecule has 3 aromatic heterocycles. The van der Waals surface area contributed by atoms with Gasteiger partial charge in [-0.25, -0.2) is 9.97 Å². The smallest absolute Gasteiger partial charge is 0.195 e. The molecule has 0 radical (unpaired) electrons. The molecule has 0 amide bonds. The minimum atomic E-state index is 0.598. The summed E-state index contributed by atoms with van der Waals surface area (Å²) in [6.07, 6.45) is 10.4. The summed E-state index contributed by atoms with van der Waals surface area (Å²) in [4.78, 5) is 19.1. The average molecular weight is 281 g/mol. The van der Waals surface area contributed by atoms with Gasteiger partial charge in [0.05, 0.1) is 12.0 Å². The summed E-state index contributed by atoms with van der Waals surface area (Å²) >= 11 is 0. The van der Waals surface area contributed by atoms with Crippen LogP contribution in [0.5, 0.6) is 0 Å². The maximum atomic E-state index is 5.27. The first-order chi connectivity index (χ1) is 10.3. The van der Waals surface area contributed by atoms with Crippen molar-refractivity contribution in [2.24, 2.45) is 0 Å². The molecule has 6 nitrogen and oxygen atoms in total.